The Morgan fingerprint density at radius 1 is 1.13 bits per heavy atom. The van der Waals surface area contributed by atoms with E-state index in [0.717, 1.165) is 35.9 Å². The number of nitrogens with one attached hydrogen (secondary N) is 2. The number of carbonyl (C=O) groups is 1. The lowest BCUT2D eigenvalue weighted by atomic mass is 10.1. The van der Waals surface area contributed by atoms with Crippen LogP contribution in [0.3, 0.4) is 0 Å². The fourth-order valence-electron chi connectivity index (χ4n) is 4.30. The van der Waals surface area contributed by atoms with E-state index >= 15 is 0 Å². The zero-order chi connectivity index (χ0) is 20.7. The lowest BCUT2D eigenvalue weighted by Gasteiger charge is -2.12. The van der Waals surface area contributed by atoms with Gasteiger partial charge in [0.1, 0.15) is 0 Å². The van der Waals surface area contributed by atoms with Gasteiger partial charge in [0.05, 0.1) is 22.1 Å². The van der Waals surface area contributed by atoms with E-state index in [0.29, 0.717) is 16.5 Å². The molecule has 6 nitrogen and oxygen atoms in total. The SMILES string of the molecule is CCc1ccc(-n2[nH]c3c(cnc4ccc(C(=O)NC5CCCC5)cc43)c2=O)cc1. The fraction of sp³-hybridized carbons (Fsp3) is 0.292. The largest absolute Gasteiger partial charge is 0.349 e. The van der Waals surface area contributed by atoms with Crippen LogP contribution in [0.2, 0.25) is 0 Å². The van der Waals surface area contributed by atoms with Crippen LogP contribution in [0.25, 0.3) is 27.5 Å². The van der Waals surface area contributed by atoms with E-state index in [1.807, 2.05) is 36.4 Å². The van der Waals surface area contributed by atoms with Crippen molar-refractivity contribution in [2.45, 2.75) is 45.1 Å². The van der Waals surface area contributed by atoms with Gasteiger partial charge in [0.2, 0.25) is 0 Å². The molecule has 0 saturated heterocycles. The quantitative estimate of drug-likeness (QED) is 0.541. The average Bonchev–Trinajstić information content (AvgIpc) is 3.41. The summed E-state index contributed by atoms with van der Waals surface area (Å²) in [4.78, 5) is 30.2. The second-order valence-corrected chi connectivity index (χ2v) is 8.01. The molecule has 1 saturated carbocycles. The van der Waals surface area contributed by atoms with Crippen LogP contribution in [0.5, 0.6) is 0 Å². The summed E-state index contributed by atoms with van der Waals surface area (Å²) in [6.07, 6.45) is 6.96. The molecule has 1 amide bonds. The highest BCUT2D eigenvalue weighted by Gasteiger charge is 2.19. The Bertz CT molecular complexity index is 1290. The number of amides is 1. The first kappa shape index (κ1) is 18.6. The van der Waals surface area contributed by atoms with Crippen molar-refractivity contribution in [2.24, 2.45) is 0 Å². The summed E-state index contributed by atoms with van der Waals surface area (Å²) in [7, 11) is 0. The van der Waals surface area contributed by atoms with E-state index in [-0.39, 0.29) is 17.5 Å². The molecular formula is C24H24N4O2. The monoisotopic (exact) mass is 400 g/mol. The predicted molar refractivity (Wildman–Crippen MR) is 118 cm³/mol. The van der Waals surface area contributed by atoms with Gasteiger partial charge in [-0.2, -0.15) is 0 Å². The molecular weight excluding hydrogens is 376 g/mol. The van der Waals surface area contributed by atoms with Crippen molar-refractivity contribution < 1.29 is 4.79 Å². The highest BCUT2D eigenvalue weighted by Crippen LogP contribution is 2.23. The predicted octanol–water partition coefficient (Wildman–Crippen LogP) is 4.10. The Balaban J connectivity index is 1.59. The molecule has 0 radical (unpaired) electrons. The van der Waals surface area contributed by atoms with Gasteiger partial charge >= 0.3 is 0 Å². The van der Waals surface area contributed by atoms with Crippen LogP contribution in [0.1, 0.15) is 48.5 Å². The van der Waals surface area contributed by atoms with E-state index in [2.05, 4.69) is 22.3 Å². The molecule has 2 aromatic carbocycles. The third-order valence-corrected chi connectivity index (χ3v) is 6.08. The molecule has 2 heterocycles. The van der Waals surface area contributed by atoms with Crippen molar-refractivity contribution >= 4 is 27.7 Å². The summed E-state index contributed by atoms with van der Waals surface area (Å²) in [6, 6.07) is 13.6. The molecule has 0 unspecified atom stereocenters. The van der Waals surface area contributed by atoms with Gasteiger partial charge in [0.25, 0.3) is 11.5 Å². The fourth-order valence-corrected chi connectivity index (χ4v) is 4.30. The molecule has 1 aliphatic carbocycles. The third kappa shape index (κ3) is 3.18. The van der Waals surface area contributed by atoms with Gasteiger partial charge in [-0.25, -0.2) is 4.68 Å². The molecule has 2 N–H and O–H groups in total. The van der Waals surface area contributed by atoms with Crippen LogP contribution < -0.4 is 10.9 Å². The van der Waals surface area contributed by atoms with Crippen molar-refractivity contribution in [3.63, 3.8) is 0 Å². The number of carbonyl (C=O) groups excluding carboxylic acids is 1. The van der Waals surface area contributed by atoms with Crippen molar-refractivity contribution in [3.8, 4) is 5.69 Å². The first-order valence-corrected chi connectivity index (χ1v) is 10.6. The smallest absolute Gasteiger partial charge is 0.280 e. The second-order valence-electron chi connectivity index (χ2n) is 8.01. The Hall–Kier alpha value is -3.41. The molecule has 6 heteroatoms. The lowest BCUT2D eigenvalue weighted by Crippen LogP contribution is -2.32. The van der Waals surface area contributed by atoms with Crippen molar-refractivity contribution in [1.82, 2.24) is 20.1 Å². The number of hydrogen-bond donors (Lipinski definition) is 2. The van der Waals surface area contributed by atoms with Gasteiger partial charge in [0, 0.05) is 23.2 Å². The number of benzene rings is 2. The lowest BCUT2D eigenvalue weighted by molar-refractivity contribution is 0.0938. The zero-order valence-electron chi connectivity index (χ0n) is 16.9. The summed E-state index contributed by atoms with van der Waals surface area (Å²) in [5.74, 6) is -0.0715. The minimum atomic E-state index is -0.149. The van der Waals surface area contributed by atoms with Crippen molar-refractivity contribution in [2.75, 3.05) is 0 Å². The molecule has 4 aromatic rings. The first-order valence-electron chi connectivity index (χ1n) is 10.6. The van der Waals surface area contributed by atoms with Crippen LogP contribution in [-0.2, 0) is 6.42 Å². The molecule has 30 heavy (non-hydrogen) atoms. The highest BCUT2D eigenvalue weighted by atomic mass is 16.1. The van der Waals surface area contributed by atoms with Gasteiger partial charge in [-0.1, -0.05) is 31.9 Å². The van der Waals surface area contributed by atoms with Gasteiger partial charge in [0.15, 0.2) is 0 Å². The maximum atomic E-state index is 13.0. The standard InChI is InChI=1S/C24H24N4O2/c1-2-15-7-10-18(11-8-15)28-24(30)20-14-25-21-12-9-16(13-19(21)22(20)27-28)23(29)26-17-5-3-4-6-17/h7-14,17,27H,2-6H2,1H3,(H,26,29). The molecule has 1 fully saturated rings. The Morgan fingerprint density at radius 2 is 1.90 bits per heavy atom. The van der Waals surface area contributed by atoms with Crippen LogP contribution >= 0.6 is 0 Å². The minimum absolute atomic E-state index is 0.0715. The minimum Gasteiger partial charge on any atom is -0.349 e. The van der Waals surface area contributed by atoms with Crippen LogP contribution in [0, 0.1) is 0 Å². The molecule has 0 bridgehead atoms. The van der Waals surface area contributed by atoms with Crippen LogP contribution in [-0.4, -0.2) is 26.7 Å². The molecule has 0 aliphatic heterocycles. The summed E-state index contributed by atoms with van der Waals surface area (Å²) in [5.41, 5.74) is 3.87. The normalized spacial score (nSPS) is 14.6. The van der Waals surface area contributed by atoms with Gasteiger partial charge in [-0.3, -0.25) is 19.7 Å². The van der Waals surface area contributed by atoms with E-state index in [1.54, 1.807) is 12.3 Å². The molecule has 0 atom stereocenters. The van der Waals surface area contributed by atoms with Gasteiger partial charge in [-0.15, -0.1) is 0 Å². The van der Waals surface area contributed by atoms with Crippen molar-refractivity contribution in [3.05, 3.63) is 70.1 Å². The number of aryl methyl sites for hydroxylation is 1. The van der Waals surface area contributed by atoms with Crippen molar-refractivity contribution in [1.29, 1.82) is 0 Å². The highest BCUT2D eigenvalue weighted by molar-refractivity contribution is 6.06. The number of aromatic nitrogens is 3. The number of hydrogen-bond acceptors (Lipinski definition) is 3. The van der Waals surface area contributed by atoms with E-state index < -0.39 is 0 Å². The van der Waals surface area contributed by atoms with E-state index in [1.165, 1.54) is 23.1 Å². The zero-order valence-corrected chi connectivity index (χ0v) is 16.9. The first-order chi connectivity index (χ1) is 14.6. The molecule has 2 aromatic heterocycles. The number of nitrogens with zero attached hydrogens (tertiary/aromatic N) is 2. The molecule has 152 valence electrons. The number of aromatic amines is 1. The van der Waals surface area contributed by atoms with Gasteiger partial charge in [-0.05, 0) is 55.2 Å². The third-order valence-electron chi connectivity index (χ3n) is 6.08. The van der Waals surface area contributed by atoms with E-state index in [4.69, 9.17) is 0 Å². The Morgan fingerprint density at radius 3 is 2.63 bits per heavy atom. The van der Waals surface area contributed by atoms with E-state index in [9.17, 15) is 9.59 Å². The number of rotatable bonds is 4. The second kappa shape index (κ2) is 7.44. The van der Waals surface area contributed by atoms with Gasteiger partial charge < -0.3 is 5.32 Å². The molecule has 5 rings (SSSR count). The molecule has 0 spiro atoms. The summed E-state index contributed by atoms with van der Waals surface area (Å²) >= 11 is 0. The Labute approximate surface area is 173 Å². The summed E-state index contributed by atoms with van der Waals surface area (Å²) in [6.45, 7) is 2.10. The number of fused-ring (bicyclic) bond motifs is 3. The average molecular weight is 400 g/mol. The number of pyridine rings is 1. The molecule has 1 aliphatic rings. The maximum absolute atomic E-state index is 13.0. The summed E-state index contributed by atoms with van der Waals surface area (Å²) in [5, 5.41) is 7.64. The van der Waals surface area contributed by atoms with Crippen LogP contribution in [0.15, 0.2) is 53.5 Å². The number of H-pyrrole nitrogens is 1. The Kier molecular flexibility index (Phi) is 4.62. The topological polar surface area (TPSA) is 79.8 Å². The summed E-state index contributed by atoms with van der Waals surface area (Å²) < 4.78 is 1.54. The van der Waals surface area contributed by atoms with Crippen LogP contribution in [0.4, 0.5) is 0 Å². The maximum Gasteiger partial charge on any atom is 0.280 e.